The van der Waals surface area contributed by atoms with E-state index in [-0.39, 0.29) is 5.91 Å². The number of aromatic nitrogens is 2. The van der Waals surface area contributed by atoms with E-state index in [4.69, 9.17) is 4.74 Å². The van der Waals surface area contributed by atoms with Crippen LogP contribution >= 0.6 is 22.7 Å². The van der Waals surface area contributed by atoms with Gasteiger partial charge in [-0.3, -0.25) is 4.79 Å². The zero-order valence-corrected chi connectivity index (χ0v) is 18.2. The van der Waals surface area contributed by atoms with Gasteiger partial charge in [-0.1, -0.05) is 31.3 Å². The zero-order chi connectivity index (χ0) is 20.2. The Morgan fingerprint density at radius 1 is 1.10 bits per heavy atom. The first kappa shape index (κ1) is 19.8. The SMILES string of the molecule is CC(C)COc1ccc(C(=O)N2CCN(c3nnc(-c4cccs4)s3)CC2)cc1. The topological polar surface area (TPSA) is 58.6 Å². The molecule has 0 unspecified atom stereocenters. The van der Waals surface area contributed by atoms with Crippen LogP contribution in [0, 0.1) is 5.92 Å². The molecule has 1 aliphatic rings. The molecule has 0 aliphatic carbocycles. The van der Waals surface area contributed by atoms with E-state index in [2.05, 4.69) is 35.0 Å². The van der Waals surface area contributed by atoms with E-state index in [0.29, 0.717) is 31.2 Å². The third-order valence-electron chi connectivity index (χ3n) is 4.67. The highest BCUT2D eigenvalue weighted by Crippen LogP contribution is 2.32. The van der Waals surface area contributed by atoms with Gasteiger partial charge >= 0.3 is 0 Å². The van der Waals surface area contributed by atoms with Gasteiger partial charge < -0.3 is 14.5 Å². The number of carbonyl (C=O) groups is 1. The van der Waals surface area contributed by atoms with Gasteiger partial charge in [0.25, 0.3) is 5.91 Å². The first-order valence-electron chi connectivity index (χ1n) is 9.74. The largest absolute Gasteiger partial charge is 0.493 e. The third kappa shape index (κ3) is 4.76. The molecular weight excluding hydrogens is 404 g/mol. The van der Waals surface area contributed by atoms with E-state index in [1.54, 1.807) is 22.7 Å². The molecule has 0 bridgehead atoms. The molecule has 4 rings (SSSR count). The number of anilines is 1. The second-order valence-corrected chi connectivity index (χ2v) is 9.28. The van der Waals surface area contributed by atoms with Crippen LogP contribution in [0.4, 0.5) is 5.13 Å². The summed E-state index contributed by atoms with van der Waals surface area (Å²) in [5.74, 6) is 1.34. The summed E-state index contributed by atoms with van der Waals surface area (Å²) in [6.45, 7) is 7.79. The number of carbonyl (C=O) groups excluding carboxylic acids is 1. The van der Waals surface area contributed by atoms with Gasteiger partial charge in [0, 0.05) is 31.7 Å². The van der Waals surface area contributed by atoms with Crippen LogP contribution in [-0.2, 0) is 0 Å². The minimum Gasteiger partial charge on any atom is -0.493 e. The first-order chi connectivity index (χ1) is 14.1. The third-order valence-corrected chi connectivity index (χ3v) is 6.69. The Morgan fingerprint density at radius 3 is 2.52 bits per heavy atom. The number of rotatable bonds is 6. The van der Waals surface area contributed by atoms with Gasteiger partial charge in [-0.15, -0.1) is 21.5 Å². The summed E-state index contributed by atoms with van der Waals surface area (Å²) in [6.07, 6.45) is 0. The van der Waals surface area contributed by atoms with Gasteiger partial charge in [-0.2, -0.15) is 0 Å². The van der Waals surface area contributed by atoms with Crippen molar-refractivity contribution in [2.24, 2.45) is 5.92 Å². The van der Waals surface area contributed by atoms with Gasteiger partial charge in [-0.05, 0) is 41.6 Å². The second-order valence-electron chi connectivity index (χ2n) is 7.38. The van der Waals surface area contributed by atoms with Crippen molar-refractivity contribution in [3.63, 3.8) is 0 Å². The molecule has 1 aliphatic heterocycles. The predicted octanol–water partition coefficient (Wildman–Crippen LogP) is 4.26. The quantitative estimate of drug-likeness (QED) is 0.587. The Kier molecular flexibility index (Phi) is 6.10. The van der Waals surface area contributed by atoms with E-state index in [1.165, 1.54) is 0 Å². The monoisotopic (exact) mass is 428 g/mol. The van der Waals surface area contributed by atoms with Crippen molar-refractivity contribution in [3.05, 3.63) is 47.3 Å². The summed E-state index contributed by atoms with van der Waals surface area (Å²) in [5.41, 5.74) is 0.700. The molecule has 0 N–H and O–H groups in total. The highest BCUT2D eigenvalue weighted by molar-refractivity contribution is 7.22. The normalized spacial score (nSPS) is 14.4. The van der Waals surface area contributed by atoms with Crippen molar-refractivity contribution in [3.8, 4) is 15.6 Å². The highest BCUT2D eigenvalue weighted by Gasteiger charge is 2.24. The summed E-state index contributed by atoms with van der Waals surface area (Å²) in [6, 6.07) is 11.5. The number of piperazine rings is 1. The number of benzene rings is 1. The summed E-state index contributed by atoms with van der Waals surface area (Å²) >= 11 is 3.28. The molecule has 1 saturated heterocycles. The van der Waals surface area contributed by atoms with Crippen LogP contribution in [0.3, 0.4) is 0 Å². The Labute approximate surface area is 178 Å². The lowest BCUT2D eigenvalue weighted by molar-refractivity contribution is 0.0746. The number of hydrogen-bond acceptors (Lipinski definition) is 7. The van der Waals surface area contributed by atoms with Crippen LogP contribution < -0.4 is 9.64 Å². The number of amides is 1. The molecular formula is C21H24N4O2S2. The summed E-state index contributed by atoms with van der Waals surface area (Å²) in [5, 5.41) is 12.6. The molecule has 1 amide bonds. The summed E-state index contributed by atoms with van der Waals surface area (Å²) in [4.78, 5) is 18.1. The smallest absolute Gasteiger partial charge is 0.253 e. The van der Waals surface area contributed by atoms with Crippen LogP contribution in [0.1, 0.15) is 24.2 Å². The fourth-order valence-corrected chi connectivity index (χ4v) is 4.77. The van der Waals surface area contributed by atoms with Crippen molar-refractivity contribution < 1.29 is 9.53 Å². The maximum Gasteiger partial charge on any atom is 0.253 e. The summed E-state index contributed by atoms with van der Waals surface area (Å²) in [7, 11) is 0. The van der Waals surface area contributed by atoms with Gasteiger partial charge in [-0.25, -0.2) is 0 Å². The van der Waals surface area contributed by atoms with E-state index in [9.17, 15) is 4.79 Å². The Morgan fingerprint density at radius 2 is 1.86 bits per heavy atom. The van der Waals surface area contributed by atoms with Gasteiger partial charge in [0.1, 0.15) is 5.75 Å². The molecule has 1 fully saturated rings. The van der Waals surface area contributed by atoms with E-state index in [1.807, 2.05) is 40.6 Å². The maximum atomic E-state index is 12.8. The van der Waals surface area contributed by atoms with Crippen molar-refractivity contribution >= 4 is 33.7 Å². The van der Waals surface area contributed by atoms with Crippen LogP contribution in [0.2, 0.25) is 0 Å². The number of ether oxygens (including phenoxy) is 1. The maximum absolute atomic E-state index is 12.8. The van der Waals surface area contributed by atoms with Gasteiger partial charge in [0.15, 0.2) is 5.01 Å². The summed E-state index contributed by atoms with van der Waals surface area (Å²) < 4.78 is 5.70. The fraction of sp³-hybridized carbons (Fsp3) is 0.381. The number of thiophene rings is 1. The lowest BCUT2D eigenvalue weighted by Gasteiger charge is -2.34. The van der Waals surface area contributed by atoms with Crippen molar-refractivity contribution in [1.29, 1.82) is 0 Å². The first-order valence-corrected chi connectivity index (χ1v) is 11.4. The van der Waals surface area contributed by atoms with Crippen LogP contribution in [-0.4, -0.2) is 53.8 Å². The number of nitrogens with zero attached hydrogens (tertiary/aromatic N) is 4. The van der Waals surface area contributed by atoms with E-state index >= 15 is 0 Å². The Bertz CT molecular complexity index is 930. The highest BCUT2D eigenvalue weighted by atomic mass is 32.1. The lowest BCUT2D eigenvalue weighted by atomic mass is 10.1. The molecule has 2 aromatic heterocycles. The molecule has 0 radical (unpaired) electrons. The molecule has 0 saturated carbocycles. The average molecular weight is 429 g/mol. The van der Waals surface area contributed by atoms with Crippen molar-refractivity contribution in [2.75, 3.05) is 37.7 Å². The molecule has 3 aromatic rings. The minimum absolute atomic E-state index is 0.0663. The average Bonchev–Trinajstić information content (AvgIpc) is 3.44. The zero-order valence-electron chi connectivity index (χ0n) is 16.6. The second kappa shape index (κ2) is 8.92. The predicted molar refractivity (Wildman–Crippen MR) is 118 cm³/mol. The van der Waals surface area contributed by atoms with E-state index < -0.39 is 0 Å². The van der Waals surface area contributed by atoms with Crippen LogP contribution in [0.15, 0.2) is 41.8 Å². The van der Waals surface area contributed by atoms with E-state index in [0.717, 1.165) is 33.9 Å². The Hall–Kier alpha value is -2.45. The fourth-order valence-electron chi connectivity index (χ4n) is 3.08. The minimum atomic E-state index is 0.0663. The molecule has 6 nitrogen and oxygen atoms in total. The molecule has 152 valence electrons. The van der Waals surface area contributed by atoms with Crippen molar-refractivity contribution in [1.82, 2.24) is 15.1 Å². The van der Waals surface area contributed by atoms with Crippen molar-refractivity contribution in [2.45, 2.75) is 13.8 Å². The molecule has 0 atom stereocenters. The van der Waals surface area contributed by atoms with Crippen LogP contribution in [0.5, 0.6) is 5.75 Å². The molecule has 0 spiro atoms. The molecule has 8 heteroatoms. The Balaban J connectivity index is 1.33. The van der Waals surface area contributed by atoms with Crippen LogP contribution in [0.25, 0.3) is 9.88 Å². The molecule has 29 heavy (non-hydrogen) atoms. The molecule has 1 aromatic carbocycles. The lowest BCUT2D eigenvalue weighted by Crippen LogP contribution is -2.48. The standard InChI is InChI=1S/C21H24N4O2S2/c1-15(2)14-27-17-7-5-16(6-8-17)20(26)24-9-11-25(12-10-24)21-23-22-19(29-21)18-4-3-13-28-18/h3-8,13,15H,9-12,14H2,1-2H3. The van der Waals surface area contributed by atoms with Gasteiger partial charge in [0.05, 0.1) is 11.5 Å². The van der Waals surface area contributed by atoms with Gasteiger partial charge in [0.2, 0.25) is 5.13 Å². The number of hydrogen-bond donors (Lipinski definition) is 0. The molecule has 3 heterocycles.